The number of nitrogens with one attached hydrogen (secondary N) is 1. The Kier molecular flexibility index (Phi) is 3.25. The van der Waals surface area contributed by atoms with Crippen LogP contribution in [-0.2, 0) is 6.42 Å². The van der Waals surface area contributed by atoms with Crippen LogP contribution < -0.4 is 5.32 Å². The van der Waals surface area contributed by atoms with Gasteiger partial charge in [0.2, 0.25) is 0 Å². The van der Waals surface area contributed by atoms with Crippen LogP contribution in [0.4, 0.5) is 0 Å². The molecule has 1 aliphatic carbocycles. The average molecular weight is 236 g/mol. The van der Waals surface area contributed by atoms with Gasteiger partial charge in [0.1, 0.15) is 0 Å². The molecule has 0 atom stereocenters. The predicted octanol–water partition coefficient (Wildman–Crippen LogP) is 2.95. The maximum Gasteiger partial charge on any atom is 0.0932 e. The number of hydrogen-bond donors (Lipinski definition) is 1. The Morgan fingerprint density at radius 3 is 2.75 bits per heavy atom. The van der Waals surface area contributed by atoms with Crippen LogP contribution in [0, 0.1) is 5.92 Å². The van der Waals surface area contributed by atoms with Gasteiger partial charge >= 0.3 is 0 Å². The second-order valence-corrected chi connectivity index (χ2v) is 6.17. The second kappa shape index (κ2) is 4.84. The van der Waals surface area contributed by atoms with E-state index in [1.807, 2.05) is 11.3 Å². The van der Waals surface area contributed by atoms with Gasteiger partial charge < -0.3 is 5.32 Å². The van der Waals surface area contributed by atoms with Gasteiger partial charge in [-0.1, -0.05) is 19.3 Å². The molecule has 2 aliphatic rings. The molecule has 1 aromatic rings. The van der Waals surface area contributed by atoms with Gasteiger partial charge in [-0.3, -0.25) is 0 Å². The van der Waals surface area contributed by atoms with Crippen molar-refractivity contribution < 1.29 is 0 Å². The number of hydrogen-bond acceptors (Lipinski definition) is 3. The fourth-order valence-corrected chi connectivity index (χ4v) is 3.74. The van der Waals surface area contributed by atoms with Crippen LogP contribution in [0.25, 0.3) is 0 Å². The van der Waals surface area contributed by atoms with E-state index in [1.54, 1.807) is 0 Å². The van der Waals surface area contributed by atoms with Crippen LogP contribution >= 0.6 is 11.3 Å². The normalized spacial score (nSPS) is 23.2. The highest BCUT2D eigenvalue weighted by atomic mass is 32.1. The molecular weight excluding hydrogens is 216 g/mol. The monoisotopic (exact) mass is 236 g/mol. The highest BCUT2D eigenvalue weighted by molar-refractivity contribution is 7.09. The summed E-state index contributed by atoms with van der Waals surface area (Å²) in [6.07, 6.45) is 8.18. The zero-order valence-electron chi connectivity index (χ0n) is 9.74. The minimum Gasteiger partial charge on any atom is -0.316 e. The first kappa shape index (κ1) is 10.7. The highest BCUT2D eigenvalue weighted by Gasteiger charge is 2.21. The van der Waals surface area contributed by atoms with Gasteiger partial charge in [-0.2, -0.15) is 0 Å². The lowest BCUT2D eigenvalue weighted by atomic mass is 9.87. The van der Waals surface area contributed by atoms with Gasteiger partial charge in [-0.25, -0.2) is 4.98 Å². The molecule has 16 heavy (non-hydrogen) atoms. The average Bonchev–Trinajstić information content (AvgIpc) is 2.73. The predicted molar refractivity (Wildman–Crippen MR) is 68.0 cm³/mol. The van der Waals surface area contributed by atoms with E-state index in [2.05, 4.69) is 10.7 Å². The van der Waals surface area contributed by atoms with Gasteiger partial charge in [-0.05, 0) is 31.8 Å². The van der Waals surface area contributed by atoms with Crippen LogP contribution in [0.5, 0.6) is 0 Å². The Balaban J connectivity index is 1.61. The molecule has 0 unspecified atom stereocenters. The lowest BCUT2D eigenvalue weighted by Crippen LogP contribution is -2.43. The minimum atomic E-state index is 0.776. The van der Waals surface area contributed by atoms with E-state index in [9.17, 15) is 0 Å². The zero-order valence-corrected chi connectivity index (χ0v) is 10.6. The van der Waals surface area contributed by atoms with Crippen molar-refractivity contribution in [3.8, 4) is 0 Å². The number of nitrogens with zero attached hydrogens (tertiary/aromatic N) is 1. The Hall–Kier alpha value is -0.410. The van der Waals surface area contributed by atoms with Crippen molar-refractivity contribution in [1.29, 1.82) is 0 Å². The molecule has 1 aromatic heterocycles. The molecule has 0 radical (unpaired) electrons. The summed E-state index contributed by atoms with van der Waals surface area (Å²) < 4.78 is 0. The van der Waals surface area contributed by atoms with E-state index in [4.69, 9.17) is 4.98 Å². The van der Waals surface area contributed by atoms with Crippen LogP contribution in [-0.4, -0.2) is 18.1 Å². The second-order valence-electron chi connectivity index (χ2n) is 5.23. The Morgan fingerprint density at radius 2 is 2.06 bits per heavy atom. The molecule has 0 spiro atoms. The van der Waals surface area contributed by atoms with E-state index >= 15 is 0 Å². The first-order chi connectivity index (χ1) is 7.92. The molecule has 2 fully saturated rings. The van der Waals surface area contributed by atoms with Gasteiger partial charge in [0.15, 0.2) is 0 Å². The highest BCUT2D eigenvalue weighted by Crippen LogP contribution is 2.33. The minimum absolute atomic E-state index is 0.776. The molecule has 2 heterocycles. The smallest absolute Gasteiger partial charge is 0.0932 e. The van der Waals surface area contributed by atoms with E-state index < -0.39 is 0 Å². The van der Waals surface area contributed by atoms with E-state index in [0.29, 0.717) is 0 Å². The van der Waals surface area contributed by atoms with Crippen molar-refractivity contribution in [3.05, 3.63) is 16.1 Å². The summed E-state index contributed by atoms with van der Waals surface area (Å²) >= 11 is 1.88. The molecule has 88 valence electrons. The number of thiazole rings is 1. The number of rotatable bonds is 3. The summed E-state index contributed by atoms with van der Waals surface area (Å²) in [5, 5.41) is 7.01. The van der Waals surface area contributed by atoms with Crippen molar-refractivity contribution in [2.24, 2.45) is 5.92 Å². The summed E-state index contributed by atoms with van der Waals surface area (Å²) in [6.45, 7) is 2.39. The Bertz CT molecular complexity index is 337. The fourth-order valence-electron chi connectivity index (χ4n) is 2.74. The summed E-state index contributed by atoms with van der Waals surface area (Å²) in [6, 6.07) is 0. The quantitative estimate of drug-likeness (QED) is 0.873. The van der Waals surface area contributed by atoms with Crippen molar-refractivity contribution >= 4 is 11.3 Å². The van der Waals surface area contributed by atoms with E-state index in [1.165, 1.54) is 62.3 Å². The molecule has 1 N–H and O–H groups in total. The van der Waals surface area contributed by atoms with Crippen LogP contribution in [0.15, 0.2) is 5.38 Å². The van der Waals surface area contributed by atoms with Crippen molar-refractivity contribution in [2.45, 2.75) is 44.4 Å². The van der Waals surface area contributed by atoms with Crippen LogP contribution in [0.2, 0.25) is 0 Å². The molecule has 3 heteroatoms. The fraction of sp³-hybridized carbons (Fsp3) is 0.769. The molecule has 0 amide bonds. The van der Waals surface area contributed by atoms with E-state index in [0.717, 1.165) is 11.8 Å². The van der Waals surface area contributed by atoms with Crippen LogP contribution in [0.3, 0.4) is 0 Å². The Labute approximate surface area is 101 Å². The summed E-state index contributed by atoms with van der Waals surface area (Å²) in [4.78, 5) is 4.85. The molecular formula is C13H20N2S. The van der Waals surface area contributed by atoms with Gasteiger partial charge in [0.05, 0.1) is 10.7 Å². The molecule has 1 saturated carbocycles. The first-order valence-corrected chi connectivity index (χ1v) is 7.45. The van der Waals surface area contributed by atoms with Gasteiger partial charge in [-0.15, -0.1) is 11.3 Å². The molecule has 0 bridgehead atoms. The van der Waals surface area contributed by atoms with Crippen molar-refractivity contribution in [3.63, 3.8) is 0 Å². The molecule has 1 aliphatic heterocycles. The SMILES string of the molecule is c1sc(CC2CNC2)nc1C1CCCCC1. The van der Waals surface area contributed by atoms with Crippen LogP contribution in [0.1, 0.15) is 48.7 Å². The lowest BCUT2D eigenvalue weighted by Gasteiger charge is -2.26. The molecule has 0 aromatic carbocycles. The molecule has 3 rings (SSSR count). The largest absolute Gasteiger partial charge is 0.316 e. The third kappa shape index (κ3) is 2.30. The van der Waals surface area contributed by atoms with Crippen molar-refractivity contribution in [1.82, 2.24) is 10.3 Å². The third-order valence-electron chi connectivity index (χ3n) is 3.92. The third-order valence-corrected chi connectivity index (χ3v) is 4.81. The lowest BCUT2D eigenvalue weighted by molar-refractivity contribution is 0.345. The Morgan fingerprint density at radius 1 is 1.25 bits per heavy atom. The standard InChI is InChI=1S/C13H20N2S/c1-2-4-11(5-3-1)12-9-16-13(15-12)6-10-7-14-8-10/h9-11,14H,1-8H2. The summed E-state index contributed by atoms with van der Waals surface area (Å²) in [5.41, 5.74) is 1.40. The number of aromatic nitrogens is 1. The summed E-state index contributed by atoms with van der Waals surface area (Å²) in [5.74, 6) is 1.63. The van der Waals surface area contributed by atoms with Gasteiger partial charge in [0.25, 0.3) is 0 Å². The molecule has 1 saturated heterocycles. The summed E-state index contributed by atoms with van der Waals surface area (Å²) in [7, 11) is 0. The topological polar surface area (TPSA) is 24.9 Å². The van der Waals surface area contributed by atoms with Crippen molar-refractivity contribution in [2.75, 3.05) is 13.1 Å². The maximum absolute atomic E-state index is 4.85. The first-order valence-electron chi connectivity index (χ1n) is 6.57. The zero-order chi connectivity index (χ0) is 10.8. The van der Waals surface area contributed by atoms with Gasteiger partial charge in [0, 0.05) is 17.7 Å². The molecule has 2 nitrogen and oxygen atoms in total. The maximum atomic E-state index is 4.85. The van der Waals surface area contributed by atoms with E-state index in [-0.39, 0.29) is 0 Å².